The van der Waals surface area contributed by atoms with Gasteiger partial charge < -0.3 is 9.88 Å². The van der Waals surface area contributed by atoms with Crippen LogP contribution in [0.3, 0.4) is 0 Å². The lowest BCUT2D eigenvalue weighted by atomic mass is 10.1. The molecule has 0 aliphatic carbocycles. The van der Waals surface area contributed by atoms with Gasteiger partial charge in [0.15, 0.2) is 0 Å². The number of aryl methyl sites for hydroxylation is 1. The summed E-state index contributed by atoms with van der Waals surface area (Å²) in [5.41, 5.74) is 1.06. The number of imidazole rings is 1. The third kappa shape index (κ3) is 1.95. The van der Waals surface area contributed by atoms with Gasteiger partial charge in [-0.3, -0.25) is 0 Å². The van der Waals surface area contributed by atoms with Crippen LogP contribution >= 0.6 is 0 Å². The lowest BCUT2D eigenvalue weighted by Crippen LogP contribution is -2.01. The maximum absolute atomic E-state index is 4.31. The van der Waals surface area contributed by atoms with E-state index in [0.29, 0.717) is 0 Å². The first-order valence-corrected chi connectivity index (χ1v) is 6.14. The van der Waals surface area contributed by atoms with Gasteiger partial charge in [0, 0.05) is 24.6 Å². The average molecular weight is 237 g/mol. The summed E-state index contributed by atoms with van der Waals surface area (Å²) in [4.78, 5) is 4.31. The molecule has 0 amide bonds. The summed E-state index contributed by atoms with van der Waals surface area (Å²) in [6.45, 7) is 3.02. The van der Waals surface area contributed by atoms with Gasteiger partial charge in [0.1, 0.15) is 0 Å². The van der Waals surface area contributed by atoms with Crippen molar-refractivity contribution < 1.29 is 0 Å². The molecule has 1 N–H and O–H groups in total. The zero-order valence-electron chi connectivity index (χ0n) is 10.3. The molecular weight excluding hydrogens is 222 g/mol. The van der Waals surface area contributed by atoms with Crippen LogP contribution in [0.5, 0.6) is 0 Å². The third-order valence-corrected chi connectivity index (χ3v) is 3.06. The average Bonchev–Trinajstić information content (AvgIpc) is 2.86. The fourth-order valence-corrected chi connectivity index (χ4v) is 2.08. The number of benzene rings is 2. The van der Waals surface area contributed by atoms with Gasteiger partial charge in [-0.05, 0) is 29.8 Å². The van der Waals surface area contributed by atoms with Gasteiger partial charge in [0.05, 0.1) is 0 Å². The van der Waals surface area contributed by atoms with Crippen LogP contribution in [0.2, 0.25) is 0 Å². The first-order valence-electron chi connectivity index (χ1n) is 6.14. The molecular formula is C15H15N3. The predicted octanol–water partition coefficient (Wildman–Crippen LogP) is 3.80. The summed E-state index contributed by atoms with van der Waals surface area (Å²) in [7, 11) is 0. The fraction of sp³-hybridized carbons (Fsp3) is 0.133. The van der Waals surface area contributed by atoms with E-state index >= 15 is 0 Å². The number of aromatic nitrogens is 2. The van der Waals surface area contributed by atoms with Crippen molar-refractivity contribution in [1.29, 1.82) is 0 Å². The Hall–Kier alpha value is -2.29. The zero-order chi connectivity index (χ0) is 12.4. The molecule has 90 valence electrons. The normalized spacial score (nSPS) is 10.7. The summed E-state index contributed by atoms with van der Waals surface area (Å²) < 4.78 is 2.08. The summed E-state index contributed by atoms with van der Waals surface area (Å²) in [5, 5.41) is 5.83. The Kier molecular flexibility index (Phi) is 2.73. The Balaban J connectivity index is 1.95. The number of anilines is 2. The van der Waals surface area contributed by atoms with Crippen LogP contribution in [0.25, 0.3) is 10.8 Å². The molecule has 0 saturated carbocycles. The van der Waals surface area contributed by atoms with Crippen molar-refractivity contribution in [3.8, 4) is 0 Å². The number of fused-ring (bicyclic) bond motifs is 1. The topological polar surface area (TPSA) is 29.9 Å². The molecule has 3 heteroatoms. The predicted molar refractivity (Wildman–Crippen MR) is 75.1 cm³/mol. The van der Waals surface area contributed by atoms with Crippen molar-refractivity contribution in [3.63, 3.8) is 0 Å². The molecule has 0 aliphatic heterocycles. The minimum absolute atomic E-state index is 0.882. The Bertz CT molecular complexity index is 670. The van der Waals surface area contributed by atoms with E-state index in [-0.39, 0.29) is 0 Å². The van der Waals surface area contributed by atoms with E-state index in [4.69, 9.17) is 0 Å². The summed E-state index contributed by atoms with van der Waals surface area (Å²) in [5.74, 6) is 0.882. The van der Waals surface area contributed by atoms with Gasteiger partial charge in [-0.1, -0.05) is 30.3 Å². The van der Waals surface area contributed by atoms with Crippen LogP contribution < -0.4 is 5.32 Å². The molecule has 3 nitrogen and oxygen atoms in total. The highest BCUT2D eigenvalue weighted by Gasteiger charge is 2.01. The van der Waals surface area contributed by atoms with E-state index < -0.39 is 0 Å². The summed E-state index contributed by atoms with van der Waals surface area (Å²) >= 11 is 0. The lowest BCUT2D eigenvalue weighted by molar-refractivity contribution is 0.772. The summed E-state index contributed by atoms with van der Waals surface area (Å²) in [6, 6.07) is 14.7. The minimum atomic E-state index is 0.882. The van der Waals surface area contributed by atoms with Crippen molar-refractivity contribution in [3.05, 3.63) is 54.9 Å². The fourth-order valence-electron chi connectivity index (χ4n) is 2.08. The first kappa shape index (κ1) is 10.8. The van der Waals surface area contributed by atoms with Gasteiger partial charge in [0.2, 0.25) is 5.95 Å². The standard InChI is InChI=1S/C15H15N3/c1-2-18-10-9-16-15(18)17-14-8-7-12-5-3-4-6-13(12)11-14/h3-11H,2H2,1H3,(H,16,17). The number of nitrogens with one attached hydrogen (secondary N) is 1. The van der Waals surface area contributed by atoms with Gasteiger partial charge in [-0.15, -0.1) is 0 Å². The van der Waals surface area contributed by atoms with Gasteiger partial charge >= 0.3 is 0 Å². The Morgan fingerprint density at radius 2 is 1.94 bits per heavy atom. The highest BCUT2D eigenvalue weighted by Crippen LogP contribution is 2.21. The molecule has 1 aromatic heterocycles. The zero-order valence-corrected chi connectivity index (χ0v) is 10.3. The molecule has 0 saturated heterocycles. The highest BCUT2D eigenvalue weighted by atomic mass is 15.2. The van der Waals surface area contributed by atoms with Crippen LogP contribution in [-0.4, -0.2) is 9.55 Å². The van der Waals surface area contributed by atoms with Gasteiger partial charge in [-0.25, -0.2) is 4.98 Å². The molecule has 1 heterocycles. The van der Waals surface area contributed by atoms with E-state index in [1.807, 2.05) is 12.4 Å². The van der Waals surface area contributed by atoms with Crippen LogP contribution in [0.4, 0.5) is 11.6 Å². The molecule has 0 radical (unpaired) electrons. The van der Waals surface area contributed by atoms with Crippen LogP contribution in [-0.2, 0) is 6.54 Å². The number of rotatable bonds is 3. The van der Waals surface area contributed by atoms with E-state index in [1.54, 1.807) is 0 Å². The lowest BCUT2D eigenvalue weighted by Gasteiger charge is -2.08. The quantitative estimate of drug-likeness (QED) is 0.751. The van der Waals surface area contributed by atoms with Crippen LogP contribution in [0.1, 0.15) is 6.92 Å². The second kappa shape index (κ2) is 4.53. The molecule has 3 aromatic rings. The Morgan fingerprint density at radius 3 is 2.78 bits per heavy atom. The third-order valence-electron chi connectivity index (χ3n) is 3.06. The number of hydrogen-bond donors (Lipinski definition) is 1. The monoisotopic (exact) mass is 237 g/mol. The molecule has 3 rings (SSSR count). The van der Waals surface area contributed by atoms with Crippen LogP contribution in [0, 0.1) is 0 Å². The molecule has 0 spiro atoms. The van der Waals surface area contributed by atoms with Crippen molar-refractivity contribution in [1.82, 2.24) is 9.55 Å². The van der Waals surface area contributed by atoms with Crippen molar-refractivity contribution in [2.45, 2.75) is 13.5 Å². The van der Waals surface area contributed by atoms with Crippen molar-refractivity contribution in [2.24, 2.45) is 0 Å². The molecule has 0 atom stereocenters. The number of nitrogens with zero attached hydrogens (tertiary/aromatic N) is 2. The summed E-state index contributed by atoms with van der Waals surface area (Å²) in [6.07, 6.45) is 3.79. The Labute approximate surface area is 106 Å². The van der Waals surface area contributed by atoms with E-state index in [0.717, 1.165) is 18.2 Å². The molecule has 2 aromatic carbocycles. The molecule has 0 unspecified atom stereocenters. The van der Waals surface area contributed by atoms with Gasteiger partial charge in [-0.2, -0.15) is 0 Å². The second-order valence-electron chi connectivity index (χ2n) is 4.22. The largest absolute Gasteiger partial charge is 0.326 e. The van der Waals surface area contributed by atoms with Crippen LogP contribution in [0.15, 0.2) is 54.9 Å². The maximum atomic E-state index is 4.31. The van der Waals surface area contributed by atoms with Crippen molar-refractivity contribution >= 4 is 22.4 Å². The molecule has 0 fully saturated rings. The SMILES string of the molecule is CCn1ccnc1Nc1ccc2ccccc2c1. The number of hydrogen-bond acceptors (Lipinski definition) is 2. The molecule has 0 aliphatic rings. The van der Waals surface area contributed by atoms with E-state index in [1.165, 1.54) is 10.8 Å². The molecule has 0 bridgehead atoms. The van der Waals surface area contributed by atoms with E-state index in [9.17, 15) is 0 Å². The van der Waals surface area contributed by atoms with Gasteiger partial charge in [0.25, 0.3) is 0 Å². The highest BCUT2D eigenvalue weighted by molar-refractivity contribution is 5.86. The second-order valence-corrected chi connectivity index (χ2v) is 4.22. The maximum Gasteiger partial charge on any atom is 0.207 e. The minimum Gasteiger partial charge on any atom is -0.326 e. The first-order chi connectivity index (χ1) is 8.86. The Morgan fingerprint density at radius 1 is 1.11 bits per heavy atom. The van der Waals surface area contributed by atoms with E-state index in [2.05, 4.69) is 64.3 Å². The van der Waals surface area contributed by atoms with Crippen molar-refractivity contribution in [2.75, 3.05) is 5.32 Å². The smallest absolute Gasteiger partial charge is 0.207 e. The molecule has 18 heavy (non-hydrogen) atoms.